The first-order valence-electron chi connectivity index (χ1n) is 10.7. The Morgan fingerprint density at radius 1 is 1.00 bits per heavy atom. The zero-order valence-corrected chi connectivity index (χ0v) is 18.2. The Balaban J connectivity index is 1.57. The van der Waals surface area contributed by atoms with Crippen molar-refractivity contribution < 1.29 is 4.79 Å². The van der Waals surface area contributed by atoms with E-state index < -0.39 is 0 Å². The van der Waals surface area contributed by atoms with Crippen molar-refractivity contribution in [2.24, 2.45) is 0 Å². The number of amides is 1. The van der Waals surface area contributed by atoms with Gasteiger partial charge in [-0.3, -0.25) is 14.8 Å². The molecule has 1 fully saturated rings. The molecule has 0 saturated carbocycles. The van der Waals surface area contributed by atoms with Crippen LogP contribution in [0.15, 0.2) is 55.1 Å². The second-order valence-electron chi connectivity index (χ2n) is 8.06. The fourth-order valence-corrected chi connectivity index (χ4v) is 3.82. The highest BCUT2D eigenvalue weighted by Crippen LogP contribution is 2.32. The fraction of sp³-hybridized carbons (Fsp3) is 0.333. The van der Waals surface area contributed by atoms with Gasteiger partial charge in [0.2, 0.25) is 0 Å². The molecule has 1 aliphatic heterocycles. The van der Waals surface area contributed by atoms with Crippen LogP contribution in [-0.2, 0) is 0 Å². The lowest BCUT2D eigenvalue weighted by Crippen LogP contribution is -2.47. The van der Waals surface area contributed by atoms with E-state index in [1.54, 1.807) is 36.9 Å². The van der Waals surface area contributed by atoms with E-state index >= 15 is 0 Å². The number of aromatic nitrogens is 3. The number of hydrogen-bond acceptors (Lipinski definition) is 6. The van der Waals surface area contributed by atoms with Crippen molar-refractivity contribution >= 4 is 23.1 Å². The number of aryl methyl sites for hydroxylation is 1. The van der Waals surface area contributed by atoms with Gasteiger partial charge in [0, 0.05) is 50.5 Å². The highest BCUT2D eigenvalue weighted by Gasteiger charge is 2.22. The molecule has 1 saturated heterocycles. The molecule has 0 unspecified atom stereocenters. The molecule has 0 bridgehead atoms. The number of pyridine rings is 1. The van der Waals surface area contributed by atoms with Gasteiger partial charge in [-0.25, -0.2) is 4.98 Å². The molecule has 1 amide bonds. The van der Waals surface area contributed by atoms with Crippen LogP contribution in [0.25, 0.3) is 0 Å². The molecule has 0 atom stereocenters. The summed E-state index contributed by atoms with van der Waals surface area (Å²) in [6.45, 7) is 9.59. The first kappa shape index (κ1) is 20.8. The molecule has 31 heavy (non-hydrogen) atoms. The predicted octanol–water partition coefficient (Wildman–Crippen LogP) is 3.88. The number of rotatable bonds is 5. The zero-order valence-electron chi connectivity index (χ0n) is 18.2. The summed E-state index contributed by atoms with van der Waals surface area (Å²) in [6, 6.07) is 9.91. The minimum atomic E-state index is -0.137. The summed E-state index contributed by atoms with van der Waals surface area (Å²) in [5.41, 5.74) is 4.44. The van der Waals surface area contributed by atoms with Gasteiger partial charge in [-0.1, -0.05) is 19.9 Å². The van der Waals surface area contributed by atoms with Crippen molar-refractivity contribution in [2.75, 3.05) is 41.3 Å². The molecule has 1 aromatic carbocycles. The Hall–Kier alpha value is -3.48. The Morgan fingerprint density at radius 3 is 2.45 bits per heavy atom. The van der Waals surface area contributed by atoms with Crippen LogP contribution in [0.5, 0.6) is 0 Å². The topological polar surface area (TPSA) is 74.2 Å². The second kappa shape index (κ2) is 9.12. The van der Waals surface area contributed by atoms with Crippen molar-refractivity contribution in [2.45, 2.75) is 26.7 Å². The third kappa shape index (κ3) is 4.66. The SMILES string of the molecule is Cc1ncccc1C(=O)Nc1ccc(C(C)C)cc1N1CCN(c2cnccn2)CC1. The summed E-state index contributed by atoms with van der Waals surface area (Å²) in [6.07, 6.45) is 6.92. The van der Waals surface area contributed by atoms with E-state index in [0.29, 0.717) is 11.5 Å². The normalized spacial score (nSPS) is 14.1. The lowest BCUT2D eigenvalue weighted by molar-refractivity contribution is 0.102. The van der Waals surface area contributed by atoms with Crippen LogP contribution in [0, 0.1) is 6.92 Å². The molecule has 160 valence electrons. The number of carbonyl (C=O) groups is 1. The summed E-state index contributed by atoms with van der Waals surface area (Å²) >= 11 is 0. The van der Waals surface area contributed by atoms with E-state index in [4.69, 9.17) is 0 Å². The number of benzene rings is 1. The van der Waals surface area contributed by atoms with E-state index in [9.17, 15) is 4.79 Å². The molecular weight excluding hydrogens is 388 g/mol. The van der Waals surface area contributed by atoms with Crippen LogP contribution < -0.4 is 15.1 Å². The Bertz CT molecular complexity index is 1040. The van der Waals surface area contributed by atoms with E-state index in [1.165, 1.54) is 5.56 Å². The van der Waals surface area contributed by atoms with E-state index in [1.807, 2.05) is 13.0 Å². The Kier molecular flexibility index (Phi) is 6.11. The van der Waals surface area contributed by atoms with Gasteiger partial charge in [-0.2, -0.15) is 0 Å². The Morgan fingerprint density at radius 2 is 1.77 bits per heavy atom. The summed E-state index contributed by atoms with van der Waals surface area (Å²) in [5.74, 6) is 1.17. The maximum atomic E-state index is 12.9. The molecule has 3 aromatic rings. The predicted molar refractivity (Wildman–Crippen MR) is 124 cm³/mol. The monoisotopic (exact) mass is 416 g/mol. The van der Waals surface area contributed by atoms with Crippen LogP contribution >= 0.6 is 0 Å². The van der Waals surface area contributed by atoms with Crippen molar-refractivity contribution in [1.29, 1.82) is 0 Å². The number of anilines is 3. The third-order valence-electron chi connectivity index (χ3n) is 5.68. The van der Waals surface area contributed by atoms with Gasteiger partial charge in [0.1, 0.15) is 5.82 Å². The lowest BCUT2D eigenvalue weighted by Gasteiger charge is -2.37. The van der Waals surface area contributed by atoms with Crippen LogP contribution in [0.2, 0.25) is 0 Å². The van der Waals surface area contributed by atoms with Crippen molar-refractivity contribution in [3.05, 3.63) is 71.9 Å². The third-order valence-corrected chi connectivity index (χ3v) is 5.68. The van der Waals surface area contributed by atoms with Crippen molar-refractivity contribution in [3.8, 4) is 0 Å². The molecule has 4 rings (SSSR count). The molecule has 7 heteroatoms. The second-order valence-corrected chi connectivity index (χ2v) is 8.06. The molecule has 1 aliphatic rings. The minimum Gasteiger partial charge on any atom is -0.366 e. The molecule has 3 heterocycles. The zero-order chi connectivity index (χ0) is 21.8. The molecule has 7 nitrogen and oxygen atoms in total. The maximum absolute atomic E-state index is 12.9. The molecule has 2 aromatic heterocycles. The van der Waals surface area contributed by atoms with Gasteiger partial charge >= 0.3 is 0 Å². The Labute approximate surface area is 183 Å². The van der Waals surface area contributed by atoms with Gasteiger partial charge < -0.3 is 15.1 Å². The van der Waals surface area contributed by atoms with Gasteiger partial charge in [0.15, 0.2) is 0 Å². The molecule has 0 aliphatic carbocycles. The quantitative estimate of drug-likeness (QED) is 0.680. The largest absolute Gasteiger partial charge is 0.366 e. The molecular formula is C24H28N6O. The minimum absolute atomic E-state index is 0.137. The van der Waals surface area contributed by atoms with Gasteiger partial charge in [-0.15, -0.1) is 0 Å². The number of piperazine rings is 1. The smallest absolute Gasteiger partial charge is 0.257 e. The maximum Gasteiger partial charge on any atom is 0.257 e. The summed E-state index contributed by atoms with van der Waals surface area (Å²) in [5, 5.41) is 3.12. The average Bonchev–Trinajstić information content (AvgIpc) is 2.80. The number of nitrogens with zero attached hydrogens (tertiary/aromatic N) is 5. The van der Waals surface area contributed by atoms with Crippen molar-refractivity contribution in [3.63, 3.8) is 0 Å². The van der Waals surface area contributed by atoms with Crippen LogP contribution in [-0.4, -0.2) is 47.0 Å². The van der Waals surface area contributed by atoms with Crippen LogP contribution in [0.1, 0.15) is 41.4 Å². The highest BCUT2D eigenvalue weighted by atomic mass is 16.1. The average molecular weight is 417 g/mol. The molecule has 1 N–H and O–H groups in total. The van der Waals surface area contributed by atoms with E-state index in [2.05, 4.69) is 56.0 Å². The molecule has 0 spiro atoms. The van der Waals surface area contributed by atoms with Gasteiger partial charge in [-0.05, 0) is 42.7 Å². The van der Waals surface area contributed by atoms with Crippen LogP contribution in [0.3, 0.4) is 0 Å². The lowest BCUT2D eigenvalue weighted by atomic mass is 10.0. The summed E-state index contributed by atoms with van der Waals surface area (Å²) in [7, 11) is 0. The highest BCUT2D eigenvalue weighted by molar-refractivity contribution is 6.06. The fourth-order valence-electron chi connectivity index (χ4n) is 3.82. The van der Waals surface area contributed by atoms with E-state index in [0.717, 1.165) is 49.1 Å². The summed E-state index contributed by atoms with van der Waals surface area (Å²) in [4.78, 5) is 30.4. The van der Waals surface area contributed by atoms with Gasteiger partial charge in [0.25, 0.3) is 5.91 Å². The molecule has 0 radical (unpaired) electrons. The van der Waals surface area contributed by atoms with Crippen molar-refractivity contribution in [1.82, 2.24) is 15.0 Å². The van der Waals surface area contributed by atoms with Crippen LogP contribution in [0.4, 0.5) is 17.2 Å². The number of nitrogens with one attached hydrogen (secondary N) is 1. The first-order valence-corrected chi connectivity index (χ1v) is 10.7. The summed E-state index contributed by atoms with van der Waals surface area (Å²) < 4.78 is 0. The first-order chi connectivity index (χ1) is 15.0. The van der Waals surface area contributed by atoms with Gasteiger partial charge in [0.05, 0.1) is 23.1 Å². The number of carbonyl (C=O) groups excluding carboxylic acids is 1. The number of hydrogen-bond donors (Lipinski definition) is 1. The standard InChI is InChI=1S/C24H28N6O/c1-17(2)19-6-7-21(28-24(31)20-5-4-8-26-18(20)3)22(15-19)29-11-13-30(14-12-29)23-16-25-9-10-27-23/h4-10,15-17H,11-14H2,1-3H3,(H,28,31). The van der Waals surface area contributed by atoms with E-state index in [-0.39, 0.29) is 5.91 Å².